The van der Waals surface area contributed by atoms with E-state index in [4.69, 9.17) is 5.26 Å². The smallest absolute Gasteiger partial charge is 0.136 e. The molecular weight excluding hydrogens is 182 g/mol. The number of thiocyanates is 1. The number of hydrogen-bond acceptors (Lipinski definition) is 3. The van der Waals surface area contributed by atoms with Gasteiger partial charge < -0.3 is 0 Å². The van der Waals surface area contributed by atoms with Gasteiger partial charge in [-0.1, -0.05) is 19.3 Å². The summed E-state index contributed by atoms with van der Waals surface area (Å²) >= 11 is 1.19. The second-order valence-electron chi connectivity index (χ2n) is 3.49. The third-order valence-corrected chi connectivity index (χ3v) is 3.11. The normalized spacial score (nSPS) is 18.1. The monoisotopic (exact) mass is 197 g/mol. The Morgan fingerprint density at radius 3 is 2.69 bits per heavy atom. The Kier molecular flexibility index (Phi) is 4.92. The lowest BCUT2D eigenvalue weighted by molar-refractivity contribution is -0.123. The molecule has 0 radical (unpaired) electrons. The number of nitrogens with zero attached hydrogens (tertiary/aromatic N) is 1. The fraction of sp³-hybridized carbons (Fsp3) is 0.800. The van der Waals surface area contributed by atoms with Gasteiger partial charge in [0.05, 0.1) is 0 Å². The van der Waals surface area contributed by atoms with E-state index in [-0.39, 0.29) is 0 Å². The van der Waals surface area contributed by atoms with E-state index in [2.05, 4.69) is 0 Å². The fourth-order valence-corrected chi connectivity index (χ4v) is 2.22. The van der Waals surface area contributed by atoms with Crippen LogP contribution in [0, 0.1) is 16.6 Å². The van der Waals surface area contributed by atoms with Crippen molar-refractivity contribution in [2.75, 3.05) is 5.75 Å². The van der Waals surface area contributed by atoms with Crippen molar-refractivity contribution in [3.05, 3.63) is 0 Å². The van der Waals surface area contributed by atoms with E-state index < -0.39 is 0 Å². The van der Waals surface area contributed by atoms with Crippen LogP contribution in [0.2, 0.25) is 0 Å². The van der Waals surface area contributed by atoms with Crippen LogP contribution >= 0.6 is 11.8 Å². The van der Waals surface area contributed by atoms with Gasteiger partial charge in [0, 0.05) is 18.1 Å². The van der Waals surface area contributed by atoms with Gasteiger partial charge in [0.2, 0.25) is 0 Å². The highest BCUT2D eigenvalue weighted by atomic mass is 32.2. The number of hydrogen-bond donors (Lipinski definition) is 0. The van der Waals surface area contributed by atoms with Gasteiger partial charge in [-0.15, -0.1) is 0 Å². The highest BCUT2D eigenvalue weighted by Gasteiger charge is 2.20. The molecule has 1 aliphatic rings. The topological polar surface area (TPSA) is 40.9 Å². The number of ketones is 1. The maximum Gasteiger partial charge on any atom is 0.136 e. The first-order chi connectivity index (χ1) is 6.34. The van der Waals surface area contributed by atoms with E-state index in [1.165, 1.54) is 31.0 Å². The van der Waals surface area contributed by atoms with Crippen molar-refractivity contribution in [1.82, 2.24) is 0 Å². The first kappa shape index (κ1) is 10.6. The maximum atomic E-state index is 11.6. The molecule has 1 aliphatic carbocycles. The van der Waals surface area contributed by atoms with E-state index in [1.54, 1.807) is 0 Å². The summed E-state index contributed by atoms with van der Waals surface area (Å²) in [6.07, 6.45) is 6.45. The molecular formula is C10H15NOS. The summed E-state index contributed by atoms with van der Waals surface area (Å²) in [4.78, 5) is 11.6. The number of nitriles is 1. The molecule has 0 aromatic heterocycles. The highest BCUT2D eigenvalue weighted by Crippen LogP contribution is 2.25. The average Bonchev–Trinajstić information content (AvgIpc) is 2.19. The molecule has 0 N–H and O–H groups in total. The minimum atomic E-state index is 0.313. The van der Waals surface area contributed by atoms with E-state index >= 15 is 0 Å². The van der Waals surface area contributed by atoms with Gasteiger partial charge in [-0.25, -0.2) is 0 Å². The van der Waals surface area contributed by atoms with Crippen LogP contribution in [0.4, 0.5) is 0 Å². The maximum absolute atomic E-state index is 11.6. The molecule has 0 unspecified atom stereocenters. The lowest BCUT2D eigenvalue weighted by Crippen LogP contribution is -2.17. The Hall–Kier alpha value is -0.490. The number of carbonyl (C=O) groups is 1. The van der Waals surface area contributed by atoms with Crippen LogP contribution in [0.3, 0.4) is 0 Å². The third kappa shape index (κ3) is 3.82. The Bertz CT molecular complexity index is 203. The van der Waals surface area contributed by atoms with Crippen molar-refractivity contribution >= 4 is 17.5 Å². The molecule has 72 valence electrons. The molecule has 0 saturated heterocycles. The zero-order valence-electron chi connectivity index (χ0n) is 7.79. The molecule has 13 heavy (non-hydrogen) atoms. The molecule has 2 nitrogen and oxygen atoms in total. The number of rotatable bonds is 4. The molecule has 0 bridgehead atoms. The van der Waals surface area contributed by atoms with Crippen molar-refractivity contribution in [3.8, 4) is 5.40 Å². The van der Waals surface area contributed by atoms with Crippen LogP contribution in [0.1, 0.15) is 38.5 Å². The number of Topliss-reactive ketones (excluding diaryl/α,β-unsaturated/α-hetero) is 1. The molecule has 0 atom stereocenters. The van der Waals surface area contributed by atoms with E-state index in [0.29, 0.717) is 23.9 Å². The Labute approximate surface area is 83.7 Å². The Balaban J connectivity index is 2.18. The van der Waals surface area contributed by atoms with Crippen LogP contribution in [0.5, 0.6) is 0 Å². The predicted molar refractivity (Wildman–Crippen MR) is 54.3 cm³/mol. The Morgan fingerprint density at radius 2 is 2.08 bits per heavy atom. The molecule has 1 fully saturated rings. The van der Waals surface area contributed by atoms with Gasteiger partial charge in [0.15, 0.2) is 0 Å². The molecule has 0 aliphatic heterocycles. The van der Waals surface area contributed by atoms with E-state index in [1.807, 2.05) is 5.40 Å². The van der Waals surface area contributed by atoms with Gasteiger partial charge in [-0.2, -0.15) is 5.26 Å². The molecule has 0 aromatic rings. The van der Waals surface area contributed by atoms with Crippen LogP contribution in [-0.4, -0.2) is 11.5 Å². The molecule has 0 spiro atoms. The van der Waals surface area contributed by atoms with Gasteiger partial charge in [0.1, 0.15) is 11.2 Å². The molecule has 0 amide bonds. The minimum Gasteiger partial charge on any atom is -0.299 e. The van der Waals surface area contributed by atoms with Crippen LogP contribution in [0.25, 0.3) is 0 Å². The molecule has 0 aromatic carbocycles. The lowest BCUT2D eigenvalue weighted by Gasteiger charge is -2.19. The van der Waals surface area contributed by atoms with Crippen LogP contribution < -0.4 is 0 Å². The summed E-state index contributed by atoms with van der Waals surface area (Å²) in [5, 5.41) is 10.3. The molecule has 1 rings (SSSR count). The average molecular weight is 197 g/mol. The van der Waals surface area contributed by atoms with Crippen molar-refractivity contribution in [2.45, 2.75) is 38.5 Å². The first-order valence-corrected chi connectivity index (χ1v) is 5.86. The quantitative estimate of drug-likeness (QED) is 0.514. The summed E-state index contributed by atoms with van der Waals surface area (Å²) in [5.41, 5.74) is 0. The number of thioether (sulfide) groups is 1. The zero-order valence-corrected chi connectivity index (χ0v) is 8.61. The SMILES string of the molecule is N#CSCCC(=O)C1CCCCC1. The summed E-state index contributed by atoms with van der Waals surface area (Å²) in [7, 11) is 0. The standard InChI is InChI=1S/C10H15NOS/c11-8-13-7-6-10(12)9-4-2-1-3-5-9/h9H,1-7H2. The minimum absolute atomic E-state index is 0.313. The van der Waals surface area contributed by atoms with Crippen molar-refractivity contribution in [1.29, 1.82) is 5.26 Å². The van der Waals surface area contributed by atoms with Crippen molar-refractivity contribution < 1.29 is 4.79 Å². The van der Waals surface area contributed by atoms with E-state index in [9.17, 15) is 4.79 Å². The second kappa shape index (κ2) is 6.04. The third-order valence-electron chi connectivity index (χ3n) is 2.58. The van der Waals surface area contributed by atoms with Crippen LogP contribution in [-0.2, 0) is 4.79 Å². The van der Waals surface area contributed by atoms with Gasteiger partial charge in [-0.05, 0) is 24.6 Å². The van der Waals surface area contributed by atoms with Gasteiger partial charge in [0.25, 0.3) is 0 Å². The van der Waals surface area contributed by atoms with Gasteiger partial charge in [-0.3, -0.25) is 4.79 Å². The molecule has 3 heteroatoms. The summed E-state index contributed by atoms with van der Waals surface area (Å²) < 4.78 is 0. The van der Waals surface area contributed by atoms with Crippen LogP contribution in [0.15, 0.2) is 0 Å². The zero-order chi connectivity index (χ0) is 9.52. The summed E-state index contributed by atoms with van der Waals surface area (Å²) in [6, 6.07) is 0. The van der Waals surface area contributed by atoms with E-state index in [0.717, 1.165) is 12.8 Å². The summed E-state index contributed by atoms with van der Waals surface area (Å²) in [5.74, 6) is 1.36. The second-order valence-corrected chi connectivity index (χ2v) is 4.37. The fourth-order valence-electron chi connectivity index (χ4n) is 1.83. The Morgan fingerprint density at radius 1 is 1.38 bits per heavy atom. The predicted octanol–water partition coefficient (Wildman–Crippen LogP) is 2.74. The lowest BCUT2D eigenvalue weighted by atomic mass is 9.85. The van der Waals surface area contributed by atoms with Gasteiger partial charge >= 0.3 is 0 Å². The first-order valence-electron chi connectivity index (χ1n) is 4.88. The van der Waals surface area contributed by atoms with Crippen molar-refractivity contribution in [3.63, 3.8) is 0 Å². The van der Waals surface area contributed by atoms with Crippen molar-refractivity contribution in [2.24, 2.45) is 5.92 Å². The molecule has 1 saturated carbocycles. The summed E-state index contributed by atoms with van der Waals surface area (Å²) in [6.45, 7) is 0. The molecule has 0 heterocycles. The highest BCUT2D eigenvalue weighted by molar-refractivity contribution is 8.03. The number of carbonyl (C=O) groups excluding carboxylic acids is 1. The largest absolute Gasteiger partial charge is 0.299 e.